The van der Waals surface area contributed by atoms with Gasteiger partial charge in [-0.25, -0.2) is 9.37 Å². The van der Waals surface area contributed by atoms with Gasteiger partial charge in [0.15, 0.2) is 0 Å². The molecule has 0 atom stereocenters. The molecule has 1 aromatic carbocycles. The van der Waals surface area contributed by atoms with Gasteiger partial charge in [-0.15, -0.1) is 0 Å². The van der Waals surface area contributed by atoms with Crippen molar-refractivity contribution in [2.75, 3.05) is 11.9 Å². The zero-order valence-corrected chi connectivity index (χ0v) is 9.90. The first-order valence-corrected chi connectivity index (χ1v) is 5.50. The maximum absolute atomic E-state index is 13.1. The van der Waals surface area contributed by atoms with Gasteiger partial charge in [-0.05, 0) is 37.6 Å². The quantitative estimate of drug-likeness (QED) is 0.862. The van der Waals surface area contributed by atoms with Gasteiger partial charge < -0.3 is 5.32 Å². The Bertz CT molecular complexity index is 540. The molecule has 1 heterocycles. The Morgan fingerprint density at radius 2 is 2.12 bits per heavy atom. The number of aryl methyl sites for hydroxylation is 1. The molecule has 16 heavy (non-hydrogen) atoms. The van der Waals surface area contributed by atoms with Crippen LogP contribution >= 0.6 is 11.6 Å². The number of hydrogen-bond donors (Lipinski definition) is 1. The predicted octanol–water partition coefficient (Wildman–Crippen LogP) is 3.77. The number of rotatable bonds is 2. The topological polar surface area (TPSA) is 24.9 Å². The number of pyridine rings is 1. The van der Waals surface area contributed by atoms with E-state index in [1.807, 2.05) is 19.9 Å². The van der Waals surface area contributed by atoms with Crippen molar-refractivity contribution in [2.24, 2.45) is 0 Å². The van der Waals surface area contributed by atoms with Crippen LogP contribution in [-0.2, 0) is 0 Å². The molecule has 0 radical (unpaired) electrons. The lowest BCUT2D eigenvalue weighted by molar-refractivity contribution is 0.629. The molecule has 0 aliphatic heterocycles. The van der Waals surface area contributed by atoms with Gasteiger partial charge in [-0.2, -0.15) is 0 Å². The van der Waals surface area contributed by atoms with Crippen molar-refractivity contribution in [1.82, 2.24) is 4.98 Å². The van der Waals surface area contributed by atoms with E-state index in [4.69, 9.17) is 11.6 Å². The minimum absolute atomic E-state index is 0.338. The lowest BCUT2D eigenvalue weighted by Gasteiger charge is -2.09. The predicted molar refractivity (Wildman–Crippen MR) is 65.6 cm³/mol. The Hall–Kier alpha value is -1.35. The van der Waals surface area contributed by atoms with Gasteiger partial charge in [-0.1, -0.05) is 11.6 Å². The van der Waals surface area contributed by atoms with Gasteiger partial charge in [0.05, 0.1) is 10.5 Å². The molecule has 0 unspecified atom stereocenters. The summed E-state index contributed by atoms with van der Waals surface area (Å²) in [4.78, 5) is 4.40. The van der Waals surface area contributed by atoms with Crippen LogP contribution in [0.3, 0.4) is 0 Å². The third kappa shape index (κ3) is 1.95. The number of nitrogens with zero attached hydrogens (tertiary/aromatic N) is 1. The second kappa shape index (κ2) is 4.26. The summed E-state index contributed by atoms with van der Waals surface area (Å²) in [5.74, 6) is 0.457. The molecule has 0 aliphatic carbocycles. The SMILES string of the molecule is CCNc1nc2c(Cl)cc(F)cc2cc1C. The molecule has 84 valence electrons. The maximum Gasteiger partial charge on any atom is 0.129 e. The van der Waals surface area contributed by atoms with Crippen LogP contribution in [0.25, 0.3) is 10.9 Å². The zero-order valence-electron chi connectivity index (χ0n) is 9.14. The van der Waals surface area contributed by atoms with Crippen molar-refractivity contribution in [2.45, 2.75) is 13.8 Å². The summed E-state index contributed by atoms with van der Waals surface area (Å²) in [6, 6.07) is 4.61. The minimum Gasteiger partial charge on any atom is -0.370 e. The summed E-state index contributed by atoms with van der Waals surface area (Å²) in [5.41, 5.74) is 1.61. The Balaban J connectivity index is 2.69. The Kier molecular flexibility index (Phi) is 2.97. The standard InChI is InChI=1S/C12H12ClFN2/c1-3-15-12-7(2)4-8-5-9(14)6-10(13)11(8)16-12/h4-6H,3H2,1-2H3,(H,15,16). The molecule has 2 aromatic rings. The van der Waals surface area contributed by atoms with E-state index in [0.29, 0.717) is 10.5 Å². The van der Waals surface area contributed by atoms with E-state index < -0.39 is 0 Å². The molecule has 0 aliphatic rings. The summed E-state index contributed by atoms with van der Waals surface area (Å²) in [6.07, 6.45) is 0. The highest BCUT2D eigenvalue weighted by Crippen LogP contribution is 2.26. The molecular formula is C12H12ClFN2. The van der Waals surface area contributed by atoms with Crippen molar-refractivity contribution in [3.05, 3.63) is 34.6 Å². The van der Waals surface area contributed by atoms with Crippen LogP contribution in [0.5, 0.6) is 0 Å². The van der Waals surface area contributed by atoms with E-state index in [-0.39, 0.29) is 5.82 Å². The normalized spacial score (nSPS) is 10.8. The van der Waals surface area contributed by atoms with Crippen LogP contribution in [0.2, 0.25) is 5.02 Å². The highest BCUT2D eigenvalue weighted by Gasteiger charge is 2.07. The third-order valence-electron chi connectivity index (χ3n) is 2.37. The Morgan fingerprint density at radius 1 is 1.38 bits per heavy atom. The van der Waals surface area contributed by atoms with E-state index >= 15 is 0 Å². The second-order valence-corrected chi connectivity index (χ2v) is 4.05. The van der Waals surface area contributed by atoms with Crippen LogP contribution in [0.4, 0.5) is 10.2 Å². The van der Waals surface area contributed by atoms with E-state index in [1.54, 1.807) is 0 Å². The molecule has 0 bridgehead atoms. The minimum atomic E-state index is -0.338. The average Bonchev–Trinajstić information content (AvgIpc) is 2.20. The Labute approximate surface area is 98.4 Å². The summed E-state index contributed by atoms with van der Waals surface area (Å²) in [6.45, 7) is 4.72. The first-order chi connectivity index (χ1) is 7.61. The monoisotopic (exact) mass is 238 g/mol. The van der Waals surface area contributed by atoms with Crippen LogP contribution in [0.15, 0.2) is 18.2 Å². The van der Waals surface area contributed by atoms with Gasteiger partial charge in [0.2, 0.25) is 0 Å². The fraction of sp³-hybridized carbons (Fsp3) is 0.250. The summed E-state index contributed by atoms with van der Waals surface area (Å²) < 4.78 is 13.1. The van der Waals surface area contributed by atoms with Gasteiger partial charge in [0.25, 0.3) is 0 Å². The lowest BCUT2D eigenvalue weighted by atomic mass is 10.1. The number of aromatic nitrogens is 1. The summed E-state index contributed by atoms with van der Waals surface area (Å²) >= 11 is 5.96. The van der Waals surface area contributed by atoms with Crippen molar-refractivity contribution in [3.63, 3.8) is 0 Å². The molecule has 1 aromatic heterocycles. The van der Waals surface area contributed by atoms with Gasteiger partial charge >= 0.3 is 0 Å². The molecule has 2 rings (SSSR count). The fourth-order valence-corrected chi connectivity index (χ4v) is 1.92. The number of hydrogen-bond acceptors (Lipinski definition) is 2. The maximum atomic E-state index is 13.1. The molecule has 4 heteroatoms. The van der Waals surface area contributed by atoms with E-state index in [1.165, 1.54) is 12.1 Å². The zero-order chi connectivity index (χ0) is 11.7. The first-order valence-electron chi connectivity index (χ1n) is 5.12. The molecule has 0 saturated carbocycles. The summed E-state index contributed by atoms with van der Waals surface area (Å²) in [5, 5.41) is 4.21. The lowest BCUT2D eigenvalue weighted by Crippen LogP contribution is -2.02. The second-order valence-electron chi connectivity index (χ2n) is 3.64. The van der Waals surface area contributed by atoms with Gasteiger partial charge in [0.1, 0.15) is 11.6 Å². The molecular weight excluding hydrogens is 227 g/mol. The van der Waals surface area contributed by atoms with Gasteiger partial charge in [-0.3, -0.25) is 0 Å². The van der Waals surface area contributed by atoms with Crippen LogP contribution in [0.1, 0.15) is 12.5 Å². The van der Waals surface area contributed by atoms with Crippen molar-refractivity contribution in [1.29, 1.82) is 0 Å². The number of halogens is 2. The molecule has 0 amide bonds. The van der Waals surface area contributed by atoms with Crippen LogP contribution < -0.4 is 5.32 Å². The van der Waals surface area contributed by atoms with Crippen LogP contribution in [-0.4, -0.2) is 11.5 Å². The van der Waals surface area contributed by atoms with Crippen molar-refractivity contribution >= 4 is 28.3 Å². The number of anilines is 1. The van der Waals surface area contributed by atoms with E-state index in [2.05, 4.69) is 10.3 Å². The molecule has 0 saturated heterocycles. The number of fused-ring (bicyclic) bond motifs is 1. The number of benzene rings is 1. The molecule has 2 nitrogen and oxygen atoms in total. The highest BCUT2D eigenvalue weighted by molar-refractivity contribution is 6.35. The average molecular weight is 239 g/mol. The van der Waals surface area contributed by atoms with Crippen LogP contribution in [0, 0.1) is 12.7 Å². The largest absolute Gasteiger partial charge is 0.370 e. The van der Waals surface area contributed by atoms with Gasteiger partial charge in [0, 0.05) is 11.9 Å². The fourth-order valence-electron chi connectivity index (χ4n) is 1.66. The molecule has 0 fully saturated rings. The van der Waals surface area contributed by atoms with Crippen molar-refractivity contribution < 1.29 is 4.39 Å². The first kappa shape index (κ1) is 11.1. The summed E-state index contributed by atoms with van der Waals surface area (Å²) in [7, 11) is 0. The smallest absolute Gasteiger partial charge is 0.129 e. The number of nitrogens with one attached hydrogen (secondary N) is 1. The van der Waals surface area contributed by atoms with E-state index in [0.717, 1.165) is 23.3 Å². The van der Waals surface area contributed by atoms with Crippen molar-refractivity contribution in [3.8, 4) is 0 Å². The Morgan fingerprint density at radius 3 is 2.81 bits per heavy atom. The highest BCUT2D eigenvalue weighted by atomic mass is 35.5. The van der Waals surface area contributed by atoms with E-state index in [9.17, 15) is 4.39 Å². The molecule has 1 N–H and O–H groups in total. The third-order valence-corrected chi connectivity index (χ3v) is 2.66. The molecule has 0 spiro atoms.